The maximum absolute atomic E-state index is 13.4. The minimum atomic E-state index is -0.712. The van der Waals surface area contributed by atoms with Crippen molar-refractivity contribution in [3.05, 3.63) is 75.8 Å². The van der Waals surface area contributed by atoms with E-state index in [0.29, 0.717) is 17.6 Å². The zero-order valence-electron chi connectivity index (χ0n) is 16.0. The van der Waals surface area contributed by atoms with E-state index in [1.54, 1.807) is 19.1 Å². The first kappa shape index (κ1) is 19.8. The van der Waals surface area contributed by atoms with Gasteiger partial charge in [0.05, 0.1) is 12.5 Å². The minimum absolute atomic E-state index is 0.0308. The van der Waals surface area contributed by atoms with E-state index in [1.807, 2.05) is 48.5 Å². The highest BCUT2D eigenvalue weighted by atomic mass is 79.9. The van der Waals surface area contributed by atoms with Crippen LogP contribution >= 0.6 is 15.9 Å². The zero-order chi connectivity index (χ0) is 20.5. The molecule has 4 atom stereocenters. The zero-order valence-corrected chi connectivity index (χ0v) is 17.6. The van der Waals surface area contributed by atoms with Crippen molar-refractivity contribution in [1.82, 2.24) is 0 Å². The van der Waals surface area contributed by atoms with Crippen LogP contribution in [0.1, 0.15) is 29.3 Å². The number of ketones is 2. The summed E-state index contributed by atoms with van der Waals surface area (Å²) in [6, 6.07) is 16.7. The number of allylic oxidation sites excluding steroid dienone is 1. The van der Waals surface area contributed by atoms with E-state index in [2.05, 4.69) is 15.9 Å². The van der Waals surface area contributed by atoms with Crippen molar-refractivity contribution in [3.63, 3.8) is 0 Å². The molecule has 2 aromatic rings. The molecule has 4 rings (SSSR count). The molecular weight excluding hydrogens is 432 g/mol. The number of carbonyl (C=O) groups excluding carboxylic acids is 3. The highest BCUT2D eigenvalue weighted by Crippen LogP contribution is 2.55. The van der Waals surface area contributed by atoms with E-state index in [4.69, 9.17) is 4.74 Å². The van der Waals surface area contributed by atoms with Crippen LogP contribution in [0.15, 0.2) is 64.6 Å². The molecule has 0 unspecified atom stereocenters. The van der Waals surface area contributed by atoms with Crippen molar-refractivity contribution in [1.29, 1.82) is 0 Å². The number of rotatable bonds is 5. The largest absolute Gasteiger partial charge is 0.466 e. The quantitative estimate of drug-likeness (QED) is 0.373. The molecule has 0 radical (unpaired) electrons. The first-order valence-electron chi connectivity index (χ1n) is 9.78. The van der Waals surface area contributed by atoms with Crippen molar-refractivity contribution in [2.75, 3.05) is 6.61 Å². The number of esters is 1. The Labute approximate surface area is 178 Å². The SMILES string of the molecule is CCOC(=O)[C@H]1[C@H](C(=O)c2ccc(Br)cc2)[C@H]2C[C@@H]1C(=O)/C2=C/c1ccccc1. The molecule has 2 fully saturated rings. The molecule has 0 aromatic heterocycles. The van der Waals surface area contributed by atoms with Gasteiger partial charge in [-0.15, -0.1) is 0 Å². The highest BCUT2D eigenvalue weighted by Gasteiger charge is 2.60. The van der Waals surface area contributed by atoms with Gasteiger partial charge in [0.2, 0.25) is 0 Å². The Hall–Kier alpha value is -2.53. The van der Waals surface area contributed by atoms with Gasteiger partial charge in [-0.2, -0.15) is 0 Å². The molecule has 2 aliphatic carbocycles. The van der Waals surface area contributed by atoms with Crippen molar-refractivity contribution >= 4 is 39.5 Å². The molecule has 0 N–H and O–H groups in total. The number of ether oxygens (including phenoxy) is 1. The van der Waals surface area contributed by atoms with Gasteiger partial charge < -0.3 is 4.74 Å². The predicted octanol–water partition coefficient (Wildman–Crippen LogP) is 4.73. The summed E-state index contributed by atoms with van der Waals surface area (Å²) in [6.45, 7) is 1.96. The first-order chi connectivity index (χ1) is 14.0. The van der Waals surface area contributed by atoms with Gasteiger partial charge in [0.25, 0.3) is 0 Å². The van der Waals surface area contributed by atoms with Crippen LogP contribution in [0.2, 0.25) is 0 Å². The van der Waals surface area contributed by atoms with E-state index in [0.717, 1.165) is 10.0 Å². The van der Waals surface area contributed by atoms with E-state index >= 15 is 0 Å². The van der Waals surface area contributed by atoms with Crippen LogP contribution in [0, 0.1) is 23.7 Å². The Morgan fingerprint density at radius 3 is 2.38 bits per heavy atom. The summed E-state index contributed by atoms with van der Waals surface area (Å²) in [5, 5.41) is 0. The lowest BCUT2D eigenvalue weighted by Crippen LogP contribution is -2.40. The molecule has 29 heavy (non-hydrogen) atoms. The van der Waals surface area contributed by atoms with Gasteiger partial charge in [-0.25, -0.2) is 0 Å². The third kappa shape index (κ3) is 3.60. The number of benzene rings is 2. The monoisotopic (exact) mass is 452 g/mol. The molecule has 0 heterocycles. The van der Waals surface area contributed by atoms with Gasteiger partial charge in [0, 0.05) is 21.9 Å². The van der Waals surface area contributed by atoms with E-state index < -0.39 is 23.7 Å². The Morgan fingerprint density at radius 1 is 1.03 bits per heavy atom. The third-order valence-electron chi connectivity index (χ3n) is 5.89. The highest BCUT2D eigenvalue weighted by molar-refractivity contribution is 9.10. The van der Waals surface area contributed by atoms with E-state index in [1.165, 1.54) is 0 Å². The fourth-order valence-corrected chi connectivity index (χ4v) is 4.93. The molecule has 4 nitrogen and oxygen atoms in total. The predicted molar refractivity (Wildman–Crippen MR) is 113 cm³/mol. The van der Waals surface area contributed by atoms with Crippen LogP contribution in [0.5, 0.6) is 0 Å². The van der Waals surface area contributed by atoms with Crippen LogP contribution in [-0.2, 0) is 14.3 Å². The molecule has 0 aliphatic heterocycles. The van der Waals surface area contributed by atoms with Crippen molar-refractivity contribution in [2.45, 2.75) is 13.3 Å². The average Bonchev–Trinajstić information content (AvgIpc) is 3.26. The summed E-state index contributed by atoms with van der Waals surface area (Å²) in [6.07, 6.45) is 2.39. The maximum atomic E-state index is 13.4. The van der Waals surface area contributed by atoms with Gasteiger partial charge in [-0.05, 0) is 48.6 Å². The van der Waals surface area contributed by atoms with Crippen LogP contribution in [0.3, 0.4) is 0 Å². The second-order valence-corrected chi connectivity index (χ2v) is 8.41. The maximum Gasteiger partial charge on any atom is 0.310 e. The van der Waals surface area contributed by atoms with E-state index in [-0.39, 0.29) is 24.1 Å². The molecule has 0 spiro atoms. The Morgan fingerprint density at radius 2 is 1.72 bits per heavy atom. The molecule has 5 heteroatoms. The number of halogens is 1. The number of hydrogen-bond donors (Lipinski definition) is 0. The molecule has 0 saturated heterocycles. The second-order valence-electron chi connectivity index (χ2n) is 7.50. The van der Waals surface area contributed by atoms with Gasteiger partial charge in [0.15, 0.2) is 11.6 Å². The van der Waals surface area contributed by atoms with Gasteiger partial charge >= 0.3 is 5.97 Å². The first-order valence-corrected chi connectivity index (χ1v) is 10.6. The summed E-state index contributed by atoms with van der Waals surface area (Å²) in [5.74, 6) is -2.62. The molecule has 148 valence electrons. The molecule has 0 amide bonds. The molecular formula is C24H21BrO4. The fraction of sp³-hybridized carbons (Fsp3) is 0.292. The van der Waals surface area contributed by atoms with Crippen molar-refractivity contribution in [3.8, 4) is 0 Å². The number of Topliss-reactive ketones (excluding diaryl/α,β-unsaturated/α-hetero) is 2. The third-order valence-corrected chi connectivity index (χ3v) is 6.42. The number of carbonyl (C=O) groups is 3. The van der Waals surface area contributed by atoms with Crippen LogP contribution in [0.25, 0.3) is 6.08 Å². The van der Waals surface area contributed by atoms with E-state index in [9.17, 15) is 14.4 Å². The smallest absolute Gasteiger partial charge is 0.310 e. The van der Waals surface area contributed by atoms with Crippen LogP contribution in [0.4, 0.5) is 0 Å². The Bertz CT molecular complexity index is 978. The van der Waals surface area contributed by atoms with Crippen LogP contribution < -0.4 is 0 Å². The summed E-state index contributed by atoms with van der Waals surface area (Å²) in [4.78, 5) is 39.1. The summed E-state index contributed by atoms with van der Waals surface area (Å²) in [5.41, 5.74) is 2.12. The standard InChI is InChI=1S/C24H21BrO4/c1-2-29-24(28)21-19-13-17(18(23(19)27)12-14-6-4-3-5-7-14)20(21)22(26)15-8-10-16(25)11-9-15/h3-12,17,19-21H,2,13H2,1H3/b18-12+/t17-,19-,20+,21+/m0/s1. The summed E-state index contributed by atoms with van der Waals surface area (Å²) in [7, 11) is 0. The van der Waals surface area contributed by atoms with Gasteiger partial charge in [-0.3, -0.25) is 14.4 Å². The van der Waals surface area contributed by atoms with Gasteiger partial charge in [0.1, 0.15) is 0 Å². The fourth-order valence-electron chi connectivity index (χ4n) is 4.66. The summed E-state index contributed by atoms with van der Waals surface area (Å²) >= 11 is 3.38. The number of fused-ring (bicyclic) bond motifs is 2. The van der Waals surface area contributed by atoms with Crippen molar-refractivity contribution < 1.29 is 19.1 Å². The molecule has 2 aromatic carbocycles. The topological polar surface area (TPSA) is 60.4 Å². The molecule has 2 saturated carbocycles. The molecule has 2 aliphatic rings. The second kappa shape index (κ2) is 8.07. The summed E-state index contributed by atoms with van der Waals surface area (Å²) < 4.78 is 6.12. The minimum Gasteiger partial charge on any atom is -0.466 e. The van der Waals surface area contributed by atoms with Gasteiger partial charge in [-0.1, -0.05) is 58.4 Å². The Balaban J connectivity index is 1.74. The number of hydrogen-bond acceptors (Lipinski definition) is 4. The molecule has 2 bridgehead atoms. The van der Waals surface area contributed by atoms with Crippen molar-refractivity contribution in [2.24, 2.45) is 23.7 Å². The lowest BCUT2D eigenvalue weighted by atomic mass is 9.72. The lowest BCUT2D eigenvalue weighted by molar-refractivity contribution is -0.152. The lowest BCUT2D eigenvalue weighted by Gasteiger charge is -2.29. The normalized spacial score (nSPS) is 26.7. The average molecular weight is 453 g/mol. The van der Waals surface area contributed by atoms with Crippen LogP contribution in [-0.4, -0.2) is 24.1 Å². The Kier molecular flexibility index (Phi) is 5.50.